The summed E-state index contributed by atoms with van der Waals surface area (Å²) in [6, 6.07) is 7.54. The molecular weight excluding hydrogens is 387 g/mol. The number of hydrogen-bond acceptors (Lipinski definition) is 4. The third-order valence-corrected chi connectivity index (χ3v) is 4.70. The maximum absolute atomic E-state index is 13.7. The van der Waals surface area contributed by atoms with Crippen molar-refractivity contribution in [1.82, 2.24) is 14.8 Å². The Bertz CT molecular complexity index is 959. The Kier molecular flexibility index (Phi) is 4.14. The maximum Gasteiger partial charge on any atom is 0.265 e. The number of nitrogens with zero attached hydrogens (tertiary/aromatic N) is 3. The number of hydrogen-bond donors (Lipinski definition) is 1. The number of sulfonamides is 1. The number of halogens is 2. The van der Waals surface area contributed by atoms with Gasteiger partial charge in [-0.2, -0.15) is 5.10 Å². The summed E-state index contributed by atoms with van der Waals surface area (Å²) in [4.78, 5) is 3.80. The average molecular weight is 397 g/mol. The number of rotatable bonds is 4. The zero-order valence-corrected chi connectivity index (χ0v) is 13.9. The molecule has 0 fully saturated rings. The van der Waals surface area contributed by atoms with Gasteiger partial charge in [0.25, 0.3) is 10.0 Å². The van der Waals surface area contributed by atoms with Gasteiger partial charge in [-0.05, 0) is 34.1 Å². The highest BCUT2D eigenvalue weighted by atomic mass is 79.9. The molecule has 1 N–H and O–H groups in total. The highest BCUT2D eigenvalue weighted by Crippen LogP contribution is 2.20. The summed E-state index contributed by atoms with van der Waals surface area (Å²) in [5.41, 5.74) is 0.469. The molecule has 1 aromatic carbocycles. The molecule has 118 valence electrons. The Morgan fingerprint density at radius 3 is 2.70 bits per heavy atom. The van der Waals surface area contributed by atoms with E-state index in [1.54, 1.807) is 18.2 Å². The molecule has 3 aromatic rings. The average Bonchev–Trinajstić information content (AvgIpc) is 2.98. The second-order valence-corrected chi connectivity index (χ2v) is 7.17. The van der Waals surface area contributed by atoms with Crippen molar-refractivity contribution in [2.75, 3.05) is 4.72 Å². The van der Waals surface area contributed by atoms with Crippen molar-refractivity contribution in [2.45, 2.75) is 4.90 Å². The minimum Gasteiger partial charge on any atom is -0.278 e. The molecule has 0 aliphatic rings. The predicted molar refractivity (Wildman–Crippen MR) is 86.3 cm³/mol. The first-order valence-corrected chi connectivity index (χ1v) is 8.66. The van der Waals surface area contributed by atoms with Crippen molar-refractivity contribution < 1.29 is 12.8 Å². The van der Waals surface area contributed by atoms with Gasteiger partial charge in [0.05, 0.1) is 24.3 Å². The van der Waals surface area contributed by atoms with E-state index >= 15 is 0 Å². The minimum absolute atomic E-state index is 0.0827. The van der Waals surface area contributed by atoms with Gasteiger partial charge in [-0.25, -0.2) is 17.5 Å². The van der Waals surface area contributed by atoms with Gasteiger partial charge < -0.3 is 0 Å². The van der Waals surface area contributed by atoms with Crippen LogP contribution < -0.4 is 4.72 Å². The summed E-state index contributed by atoms with van der Waals surface area (Å²) < 4.78 is 42.6. The molecule has 0 spiro atoms. The molecule has 2 aromatic heterocycles. The summed E-state index contributed by atoms with van der Waals surface area (Å²) in [5.74, 6) is -0.497. The van der Waals surface area contributed by atoms with E-state index in [4.69, 9.17) is 0 Å². The lowest BCUT2D eigenvalue weighted by atomic mass is 10.3. The molecule has 2 heterocycles. The van der Waals surface area contributed by atoms with Gasteiger partial charge in [0.1, 0.15) is 16.4 Å². The maximum atomic E-state index is 13.7. The van der Waals surface area contributed by atoms with Gasteiger partial charge in [0.15, 0.2) is 0 Å². The molecular formula is C14H10BrFN4O2S. The topological polar surface area (TPSA) is 76.9 Å². The zero-order chi connectivity index (χ0) is 16.4. The SMILES string of the molecule is O=S(=O)(Nc1cncc(Br)c1)c1cnn(-c2ccccc2F)c1. The lowest BCUT2D eigenvalue weighted by Crippen LogP contribution is -2.12. The van der Waals surface area contributed by atoms with E-state index in [0.717, 1.165) is 6.20 Å². The molecule has 0 amide bonds. The third kappa shape index (κ3) is 3.40. The first kappa shape index (κ1) is 15.6. The molecule has 0 bridgehead atoms. The number of pyridine rings is 1. The van der Waals surface area contributed by atoms with Crippen LogP contribution in [-0.2, 0) is 10.0 Å². The smallest absolute Gasteiger partial charge is 0.265 e. The molecule has 9 heteroatoms. The normalized spacial score (nSPS) is 11.4. The molecule has 0 saturated heterocycles. The molecule has 0 saturated carbocycles. The van der Waals surface area contributed by atoms with Crippen LogP contribution in [-0.4, -0.2) is 23.2 Å². The summed E-state index contributed by atoms with van der Waals surface area (Å²) in [6.45, 7) is 0. The van der Waals surface area contributed by atoms with Crippen molar-refractivity contribution in [1.29, 1.82) is 0 Å². The van der Waals surface area contributed by atoms with Gasteiger partial charge in [0, 0.05) is 10.7 Å². The fourth-order valence-electron chi connectivity index (χ4n) is 1.90. The summed E-state index contributed by atoms with van der Waals surface area (Å²) in [6.07, 6.45) is 5.31. The Balaban J connectivity index is 1.91. The molecule has 0 aliphatic heterocycles. The number of anilines is 1. The van der Waals surface area contributed by atoms with E-state index < -0.39 is 15.8 Å². The Hall–Kier alpha value is -2.26. The van der Waals surface area contributed by atoms with Crippen molar-refractivity contribution in [3.63, 3.8) is 0 Å². The number of para-hydroxylation sites is 1. The van der Waals surface area contributed by atoms with E-state index in [2.05, 4.69) is 30.7 Å². The fourth-order valence-corrected chi connectivity index (χ4v) is 3.23. The highest BCUT2D eigenvalue weighted by molar-refractivity contribution is 9.10. The van der Waals surface area contributed by atoms with E-state index in [9.17, 15) is 12.8 Å². The number of aromatic nitrogens is 3. The predicted octanol–water partition coefficient (Wildman–Crippen LogP) is 2.97. The second-order valence-electron chi connectivity index (χ2n) is 4.57. The molecule has 6 nitrogen and oxygen atoms in total. The Morgan fingerprint density at radius 1 is 1.17 bits per heavy atom. The molecule has 0 radical (unpaired) electrons. The van der Waals surface area contributed by atoms with Crippen LogP contribution >= 0.6 is 15.9 Å². The summed E-state index contributed by atoms with van der Waals surface area (Å²) in [5, 5.41) is 3.91. The summed E-state index contributed by atoms with van der Waals surface area (Å²) in [7, 11) is -3.85. The lowest BCUT2D eigenvalue weighted by molar-refractivity contribution is 0.600. The monoisotopic (exact) mass is 396 g/mol. The third-order valence-electron chi connectivity index (χ3n) is 2.93. The van der Waals surface area contributed by atoms with Gasteiger partial charge in [-0.1, -0.05) is 12.1 Å². The first-order valence-electron chi connectivity index (χ1n) is 6.39. The molecule has 3 rings (SSSR count). The highest BCUT2D eigenvalue weighted by Gasteiger charge is 2.18. The molecule has 0 atom stereocenters. The van der Waals surface area contributed by atoms with Gasteiger partial charge >= 0.3 is 0 Å². The van der Waals surface area contributed by atoms with Crippen LogP contribution in [0, 0.1) is 5.82 Å². The van der Waals surface area contributed by atoms with E-state index in [0.29, 0.717) is 10.2 Å². The van der Waals surface area contributed by atoms with Crippen LogP contribution in [0.3, 0.4) is 0 Å². The van der Waals surface area contributed by atoms with Gasteiger partial charge in [-0.3, -0.25) is 9.71 Å². The van der Waals surface area contributed by atoms with E-state index in [1.165, 1.54) is 35.4 Å². The van der Waals surface area contributed by atoms with Crippen molar-refractivity contribution >= 4 is 31.6 Å². The quantitative estimate of drug-likeness (QED) is 0.735. The number of benzene rings is 1. The van der Waals surface area contributed by atoms with Gasteiger partial charge in [0.2, 0.25) is 0 Å². The fraction of sp³-hybridized carbons (Fsp3) is 0. The van der Waals surface area contributed by atoms with Crippen molar-refractivity contribution in [2.24, 2.45) is 0 Å². The van der Waals surface area contributed by atoms with Crippen LogP contribution in [0.1, 0.15) is 0 Å². The van der Waals surface area contributed by atoms with Crippen LogP contribution in [0.5, 0.6) is 0 Å². The van der Waals surface area contributed by atoms with Crippen LogP contribution in [0.4, 0.5) is 10.1 Å². The first-order chi connectivity index (χ1) is 11.0. The van der Waals surface area contributed by atoms with Crippen LogP contribution in [0.15, 0.2) is 64.5 Å². The van der Waals surface area contributed by atoms with Crippen LogP contribution in [0.25, 0.3) is 5.69 Å². The Morgan fingerprint density at radius 2 is 1.96 bits per heavy atom. The Labute approximate surface area is 140 Å². The summed E-state index contributed by atoms with van der Waals surface area (Å²) >= 11 is 3.21. The largest absolute Gasteiger partial charge is 0.278 e. The van der Waals surface area contributed by atoms with Crippen LogP contribution in [0.2, 0.25) is 0 Å². The second kappa shape index (κ2) is 6.09. The standard InChI is InChI=1S/C14H10BrFN4O2S/c15-10-5-11(7-17-6-10)19-23(21,22)12-8-18-20(9-12)14-4-2-1-3-13(14)16/h1-9,19H. The van der Waals surface area contributed by atoms with Gasteiger partial charge in [-0.15, -0.1) is 0 Å². The zero-order valence-electron chi connectivity index (χ0n) is 11.5. The van der Waals surface area contributed by atoms with Crippen molar-refractivity contribution in [3.05, 3.63) is 65.4 Å². The lowest BCUT2D eigenvalue weighted by Gasteiger charge is -2.06. The van der Waals surface area contributed by atoms with Crippen molar-refractivity contribution in [3.8, 4) is 5.69 Å². The molecule has 23 heavy (non-hydrogen) atoms. The number of nitrogens with one attached hydrogen (secondary N) is 1. The minimum atomic E-state index is -3.85. The van der Waals surface area contributed by atoms with E-state index in [-0.39, 0.29) is 10.6 Å². The molecule has 0 aliphatic carbocycles. The molecule has 0 unspecified atom stereocenters. The van der Waals surface area contributed by atoms with E-state index in [1.807, 2.05) is 0 Å².